The van der Waals surface area contributed by atoms with Gasteiger partial charge in [-0.3, -0.25) is 4.79 Å². The number of carbonyl (C=O) groups is 1. The van der Waals surface area contributed by atoms with Gasteiger partial charge in [-0.2, -0.15) is 0 Å². The Labute approximate surface area is 88.4 Å². The van der Waals surface area contributed by atoms with E-state index >= 15 is 0 Å². The zero-order valence-electron chi connectivity index (χ0n) is 8.75. The van der Waals surface area contributed by atoms with Crippen LogP contribution in [0.15, 0.2) is 6.07 Å². The van der Waals surface area contributed by atoms with Gasteiger partial charge in [-0.05, 0) is 37.8 Å². The lowest BCUT2D eigenvalue weighted by Gasteiger charge is -2.08. The number of hydrogen-bond acceptors (Lipinski definition) is 3. The molecular weight excluding hydrogens is 192 g/mol. The number of hydrogen-bond donors (Lipinski definition) is 1. The van der Waals surface area contributed by atoms with Crippen LogP contribution in [-0.4, -0.2) is 17.5 Å². The van der Waals surface area contributed by atoms with Gasteiger partial charge < -0.3 is 10.5 Å². The first-order chi connectivity index (χ1) is 7.22. The van der Waals surface area contributed by atoms with E-state index in [1.165, 1.54) is 0 Å². The number of nitrogens with zero attached hydrogens (tertiary/aromatic N) is 1. The molecule has 0 bridgehead atoms. The summed E-state index contributed by atoms with van der Waals surface area (Å²) in [5.74, 6) is -0.0914. The molecule has 0 saturated carbocycles. The van der Waals surface area contributed by atoms with Crippen LogP contribution in [0.1, 0.15) is 35.0 Å². The molecule has 0 fully saturated rings. The first-order valence-electron chi connectivity index (χ1n) is 5.17. The van der Waals surface area contributed by atoms with Crippen LogP contribution in [0.25, 0.3) is 0 Å². The Morgan fingerprint density at radius 1 is 1.60 bits per heavy atom. The molecular formula is C11H14N2O2. The SMILES string of the molecule is CCOc1nc2c(cc1C(N)=O)CCC2. The van der Waals surface area contributed by atoms with Crippen LogP contribution in [-0.2, 0) is 12.8 Å². The van der Waals surface area contributed by atoms with Crippen molar-refractivity contribution in [3.63, 3.8) is 0 Å². The highest BCUT2D eigenvalue weighted by molar-refractivity contribution is 5.95. The Morgan fingerprint density at radius 3 is 3.07 bits per heavy atom. The molecule has 0 saturated heterocycles. The second-order valence-corrected chi connectivity index (χ2v) is 3.60. The van der Waals surface area contributed by atoms with E-state index in [-0.39, 0.29) is 0 Å². The number of nitrogens with two attached hydrogens (primary N) is 1. The highest BCUT2D eigenvalue weighted by Crippen LogP contribution is 2.26. The number of aromatic nitrogens is 1. The minimum atomic E-state index is -0.472. The molecule has 0 aliphatic heterocycles. The van der Waals surface area contributed by atoms with Crippen molar-refractivity contribution in [3.05, 3.63) is 22.9 Å². The summed E-state index contributed by atoms with van der Waals surface area (Å²) in [5.41, 5.74) is 7.86. The number of primary amides is 1. The Kier molecular flexibility index (Phi) is 2.58. The van der Waals surface area contributed by atoms with Crippen molar-refractivity contribution in [2.75, 3.05) is 6.61 Å². The second kappa shape index (κ2) is 3.88. The molecule has 1 aliphatic carbocycles. The predicted octanol–water partition coefficient (Wildman–Crippen LogP) is 1.07. The number of aryl methyl sites for hydroxylation is 2. The third kappa shape index (κ3) is 1.79. The fourth-order valence-electron chi connectivity index (χ4n) is 1.88. The summed E-state index contributed by atoms with van der Waals surface area (Å²) in [6, 6.07) is 1.82. The highest BCUT2D eigenvalue weighted by atomic mass is 16.5. The molecule has 1 amide bonds. The molecule has 0 aromatic carbocycles. The Balaban J connectivity index is 2.47. The molecule has 4 heteroatoms. The Hall–Kier alpha value is -1.58. The van der Waals surface area contributed by atoms with Crippen LogP contribution in [0.4, 0.5) is 0 Å². The molecule has 0 radical (unpaired) electrons. The first kappa shape index (κ1) is 9.96. The van der Waals surface area contributed by atoms with Crippen LogP contribution >= 0.6 is 0 Å². The lowest BCUT2D eigenvalue weighted by atomic mass is 10.1. The molecule has 2 N–H and O–H groups in total. The summed E-state index contributed by atoms with van der Waals surface area (Å²) in [4.78, 5) is 15.5. The van der Waals surface area contributed by atoms with Gasteiger partial charge in [-0.25, -0.2) is 4.98 Å². The molecule has 1 aromatic rings. The van der Waals surface area contributed by atoms with E-state index in [0.717, 1.165) is 30.5 Å². The van der Waals surface area contributed by atoms with Crippen LogP contribution in [0.3, 0.4) is 0 Å². The molecule has 0 spiro atoms. The van der Waals surface area contributed by atoms with E-state index in [2.05, 4.69) is 4.98 Å². The van der Waals surface area contributed by atoms with Crippen molar-refractivity contribution >= 4 is 5.91 Å². The van der Waals surface area contributed by atoms with Crippen LogP contribution < -0.4 is 10.5 Å². The second-order valence-electron chi connectivity index (χ2n) is 3.60. The lowest BCUT2D eigenvalue weighted by molar-refractivity contribution is 0.0995. The van der Waals surface area contributed by atoms with Crippen LogP contribution in [0, 0.1) is 0 Å². The van der Waals surface area contributed by atoms with Crippen LogP contribution in [0.5, 0.6) is 5.88 Å². The number of fused-ring (bicyclic) bond motifs is 1. The van der Waals surface area contributed by atoms with Crippen molar-refractivity contribution in [2.24, 2.45) is 5.73 Å². The summed E-state index contributed by atoms with van der Waals surface area (Å²) in [7, 11) is 0. The van der Waals surface area contributed by atoms with E-state index in [4.69, 9.17) is 10.5 Å². The fourth-order valence-corrected chi connectivity index (χ4v) is 1.88. The van der Waals surface area contributed by atoms with Crippen molar-refractivity contribution in [2.45, 2.75) is 26.2 Å². The minimum absolute atomic E-state index is 0.380. The van der Waals surface area contributed by atoms with E-state index in [9.17, 15) is 4.79 Å². The molecule has 4 nitrogen and oxygen atoms in total. The van der Waals surface area contributed by atoms with Crippen molar-refractivity contribution in [1.29, 1.82) is 0 Å². The van der Waals surface area contributed by atoms with Crippen molar-refractivity contribution < 1.29 is 9.53 Å². The average Bonchev–Trinajstić information content (AvgIpc) is 2.63. The van der Waals surface area contributed by atoms with Gasteiger partial charge in [0.15, 0.2) is 0 Å². The fraction of sp³-hybridized carbons (Fsp3) is 0.455. The zero-order chi connectivity index (χ0) is 10.8. The monoisotopic (exact) mass is 206 g/mol. The Bertz CT molecular complexity index is 402. The van der Waals surface area contributed by atoms with Gasteiger partial charge >= 0.3 is 0 Å². The predicted molar refractivity (Wildman–Crippen MR) is 55.9 cm³/mol. The van der Waals surface area contributed by atoms with Gasteiger partial charge in [0.25, 0.3) is 5.91 Å². The molecule has 1 heterocycles. The number of carbonyl (C=O) groups excluding carboxylic acids is 1. The normalized spacial score (nSPS) is 13.7. The average molecular weight is 206 g/mol. The third-order valence-electron chi connectivity index (χ3n) is 2.56. The maximum atomic E-state index is 11.2. The highest BCUT2D eigenvalue weighted by Gasteiger charge is 2.19. The number of amides is 1. The van der Waals surface area contributed by atoms with Gasteiger partial charge in [-0.15, -0.1) is 0 Å². The van der Waals surface area contributed by atoms with E-state index in [1.54, 1.807) is 0 Å². The largest absolute Gasteiger partial charge is 0.477 e. The maximum Gasteiger partial charge on any atom is 0.254 e. The topological polar surface area (TPSA) is 65.2 Å². The molecule has 15 heavy (non-hydrogen) atoms. The van der Waals surface area contributed by atoms with Gasteiger partial charge in [0.1, 0.15) is 5.56 Å². The zero-order valence-corrected chi connectivity index (χ0v) is 8.75. The van der Waals surface area contributed by atoms with Crippen molar-refractivity contribution in [1.82, 2.24) is 4.98 Å². The third-order valence-corrected chi connectivity index (χ3v) is 2.56. The first-order valence-corrected chi connectivity index (χ1v) is 5.17. The van der Waals surface area contributed by atoms with Gasteiger partial charge in [0, 0.05) is 5.69 Å². The molecule has 1 aromatic heterocycles. The molecule has 0 unspecified atom stereocenters. The quantitative estimate of drug-likeness (QED) is 0.804. The van der Waals surface area contributed by atoms with Gasteiger partial charge in [0.05, 0.1) is 6.61 Å². The van der Waals surface area contributed by atoms with Gasteiger partial charge in [0.2, 0.25) is 5.88 Å². The molecule has 0 atom stereocenters. The maximum absolute atomic E-state index is 11.2. The van der Waals surface area contributed by atoms with E-state index < -0.39 is 5.91 Å². The Morgan fingerprint density at radius 2 is 2.40 bits per heavy atom. The molecule has 2 rings (SSSR count). The molecule has 80 valence electrons. The van der Waals surface area contributed by atoms with E-state index in [0.29, 0.717) is 18.1 Å². The van der Waals surface area contributed by atoms with Gasteiger partial charge in [-0.1, -0.05) is 0 Å². The number of ether oxygens (including phenoxy) is 1. The summed E-state index contributed by atoms with van der Waals surface area (Å²) in [5, 5.41) is 0. The smallest absolute Gasteiger partial charge is 0.254 e. The van der Waals surface area contributed by atoms with Crippen molar-refractivity contribution in [3.8, 4) is 5.88 Å². The number of pyridine rings is 1. The standard InChI is InChI=1S/C11H14N2O2/c1-2-15-11-8(10(12)14)6-7-4-3-5-9(7)13-11/h6H,2-5H2,1H3,(H2,12,14). The minimum Gasteiger partial charge on any atom is -0.477 e. The lowest BCUT2D eigenvalue weighted by Crippen LogP contribution is -2.15. The summed E-state index contributed by atoms with van der Waals surface area (Å²) in [6.45, 7) is 2.35. The summed E-state index contributed by atoms with van der Waals surface area (Å²) in [6.07, 6.45) is 3.04. The summed E-state index contributed by atoms with van der Waals surface area (Å²) >= 11 is 0. The summed E-state index contributed by atoms with van der Waals surface area (Å²) < 4.78 is 5.31. The number of rotatable bonds is 3. The van der Waals surface area contributed by atoms with E-state index in [1.807, 2.05) is 13.0 Å². The molecule has 1 aliphatic rings. The van der Waals surface area contributed by atoms with Crippen LogP contribution in [0.2, 0.25) is 0 Å².